The second kappa shape index (κ2) is 6.37. The van der Waals surface area contributed by atoms with Crippen LogP contribution in [0, 0.1) is 11.7 Å². The number of fused-ring (bicyclic) bond motifs is 1. The summed E-state index contributed by atoms with van der Waals surface area (Å²) in [6, 6.07) is 9.26. The van der Waals surface area contributed by atoms with Crippen molar-refractivity contribution in [2.24, 2.45) is 5.92 Å². The van der Waals surface area contributed by atoms with Crippen molar-refractivity contribution in [3.05, 3.63) is 53.3 Å². The monoisotopic (exact) mass is 343 g/mol. The maximum absolute atomic E-state index is 14.1. The minimum atomic E-state index is -1.23. The topological polar surface area (TPSA) is 67.8 Å². The molecule has 1 fully saturated rings. The highest BCUT2D eigenvalue weighted by Crippen LogP contribution is 2.41. The van der Waals surface area contributed by atoms with Crippen LogP contribution in [0.5, 0.6) is 11.5 Å². The quantitative estimate of drug-likeness (QED) is 0.895. The summed E-state index contributed by atoms with van der Waals surface area (Å²) < 4.78 is 25.2. The summed E-state index contributed by atoms with van der Waals surface area (Å²) in [5.41, 5.74) is 0.932. The molecule has 1 amide bonds. The number of rotatable bonds is 4. The summed E-state index contributed by atoms with van der Waals surface area (Å²) in [5.74, 6) is 0.373. The first-order chi connectivity index (χ1) is 12.1. The third-order valence-corrected chi connectivity index (χ3v) is 4.41. The molecule has 1 aliphatic heterocycles. The number of hydrogen-bond acceptors (Lipinski definition) is 4. The Balaban J connectivity index is 1.75. The third kappa shape index (κ3) is 3.17. The molecule has 2 aliphatic rings. The van der Waals surface area contributed by atoms with E-state index in [1.165, 1.54) is 12.1 Å². The Morgan fingerprint density at radius 2 is 1.80 bits per heavy atom. The Labute approximate surface area is 144 Å². The fourth-order valence-corrected chi connectivity index (χ4v) is 2.88. The lowest BCUT2D eigenvalue weighted by molar-refractivity contribution is -0.117. The van der Waals surface area contributed by atoms with Gasteiger partial charge >= 0.3 is 0 Å². The summed E-state index contributed by atoms with van der Waals surface area (Å²) in [7, 11) is 0. The number of hydrogen-bond donors (Lipinski definition) is 2. The largest absolute Gasteiger partial charge is 0.486 e. The minimum absolute atomic E-state index is 0.00616. The average molecular weight is 343 g/mol. The number of aliphatic hydroxyl groups is 1. The van der Waals surface area contributed by atoms with E-state index in [0.29, 0.717) is 36.0 Å². The van der Waals surface area contributed by atoms with Crippen LogP contribution >= 0.6 is 0 Å². The van der Waals surface area contributed by atoms with Crippen LogP contribution in [-0.2, 0) is 4.79 Å². The summed E-state index contributed by atoms with van der Waals surface area (Å²) in [5, 5.41) is 13.6. The van der Waals surface area contributed by atoms with Gasteiger partial charge in [0.05, 0.1) is 5.69 Å². The van der Waals surface area contributed by atoms with Gasteiger partial charge in [0.25, 0.3) is 0 Å². The molecule has 4 rings (SSSR count). The molecule has 2 N–H and O–H groups in total. The van der Waals surface area contributed by atoms with E-state index in [-0.39, 0.29) is 17.4 Å². The predicted molar refractivity (Wildman–Crippen MR) is 89.2 cm³/mol. The normalized spacial score (nSPS) is 17.0. The number of carbonyl (C=O) groups excluding carboxylic acids is 1. The van der Waals surface area contributed by atoms with E-state index in [4.69, 9.17) is 9.47 Å². The van der Waals surface area contributed by atoms with Gasteiger partial charge in [0.15, 0.2) is 11.5 Å². The molecule has 0 aromatic heterocycles. The zero-order valence-electron chi connectivity index (χ0n) is 13.5. The lowest BCUT2D eigenvalue weighted by atomic mass is 9.98. The average Bonchev–Trinajstić information content (AvgIpc) is 3.46. The van der Waals surface area contributed by atoms with Gasteiger partial charge in [-0.2, -0.15) is 0 Å². The number of benzene rings is 2. The zero-order chi connectivity index (χ0) is 17.4. The summed E-state index contributed by atoms with van der Waals surface area (Å²) in [6.07, 6.45) is 0.495. The summed E-state index contributed by atoms with van der Waals surface area (Å²) >= 11 is 0. The van der Waals surface area contributed by atoms with Crippen LogP contribution in [0.2, 0.25) is 0 Å². The first-order valence-corrected chi connectivity index (χ1v) is 8.30. The number of nitrogens with one attached hydrogen (secondary N) is 1. The minimum Gasteiger partial charge on any atom is -0.486 e. The molecule has 1 aliphatic carbocycles. The highest BCUT2D eigenvalue weighted by Gasteiger charge is 2.31. The number of carbonyl (C=O) groups is 1. The van der Waals surface area contributed by atoms with Gasteiger partial charge < -0.3 is 19.9 Å². The van der Waals surface area contributed by atoms with E-state index in [1.54, 1.807) is 24.3 Å². The predicted octanol–water partition coefficient (Wildman–Crippen LogP) is 3.03. The molecule has 2 aromatic carbocycles. The van der Waals surface area contributed by atoms with Gasteiger partial charge in [-0.15, -0.1) is 0 Å². The lowest BCUT2D eigenvalue weighted by Gasteiger charge is -2.23. The van der Waals surface area contributed by atoms with Gasteiger partial charge in [0, 0.05) is 23.1 Å². The second-order valence-electron chi connectivity index (χ2n) is 6.27. The molecule has 6 heteroatoms. The highest BCUT2D eigenvalue weighted by atomic mass is 19.1. The van der Waals surface area contributed by atoms with Crippen LogP contribution in [0.4, 0.5) is 10.1 Å². The van der Waals surface area contributed by atoms with Gasteiger partial charge in [0.2, 0.25) is 5.91 Å². The van der Waals surface area contributed by atoms with Crippen molar-refractivity contribution in [1.82, 2.24) is 0 Å². The van der Waals surface area contributed by atoms with E-state index >= 15 is 0 Å². The van der Waals surface area contributed by atoms with Crippen LogP contribution in [0.25, 0.3) is 0 Å². The van der Waals surface area contributed by atoms with E-state index < -0.39 is 11.9 Å². The van der Waals surface area contributed by atoms with Crippen LogP contribution < -0.4 is 14.8 Å². The first-order valence-electron chi connectivity index (χ1n) is 8.30. The molecule has 0 saturated heterocycles. The number of halogens is 1. The van der Waals surface area contributed by atoms with Gasteiger partial charge in [0.1, 0.15) is 25.1 Å². The van der Waals surface area contributed by atoms with E-state index in [0.717, 1.165) is 12.8 Å². The fourth-order valence-electron chi connectivity index (χ4n) is 2.88. The van der Waals surface area contributed by atoms with Crippen LogP contribution in [-0.4, -0.2) is 24.2 Å². The van der Waals surface area contributed by atoms with Gasteiger partial charge in [-0.3, -0.25) is 4.79 Å². The van der Waals surface area contributed by atoms with Crippen LogP contribution in [0.15, 0.2) is 36.4 Å². The molecule has 0 unspecified atom stereocenters. The molecule has 130 valence electrons. The smallest absolute Gasteiger partial charge is 0.227 e. The van der Waals surface area contributed by atoms with Crippen molar-refractivity contribution < 1.29 is 23.8 Å². The van der Waals surface area contributed by atoms with Crippen molar-refractivity contribution in [2.75, 3.05) is 18.5 Å². The van der Waals surface area contributed by atoms with Crippen molar-refractivity contribution in [3.63, 3.8) is 0 Å². The molecule has 2 aromatic rings. The Bertz CT molecular complexity index is 819. The number of anilines is 1. The standard InChI is InChI=1S/C19H18FNO4/c20-14-4-2-1-3-12(14)18(22)13-9-16-17(25-8-7-24-16)10-15(13)21-19(23)11-5-6-11/h1-4,9-11,18,22H,5-8H2,(H,21,23)/t18-/m1/s1. The van der Waals surface area contributed by atoms with Gasteiger partial charge in [-0.05, 0) is 25.0 Å². The molecule has 1 saturated carbocycles. The van der Waals surface area contributed by atoms with Gasteiger partial charge in [-0.1, -0.05) is 18.2 Å². The molecule has 1 heterocycles. The van der Waals surface area contributed by atoms with Gasteiger partial charge in [-0.25, -0.2) is 4.39 Å². The maximum atomic E-state index is 14.1. The van der Waals surface area contributed by atoms with Crippen molar-refractivity contribution >= 4 is 11.6 Å². The number of aliphatic hydroxyl groups excluding tert-OH is 1. The second-order valence-corrected chi connectivity index (χ2v) is 6.27. The zero-order valence-corrected chi connectivity index (χ0v) is 13.5. The molecule has 25 heavy (non-hydrogen) atoms. The van der Waals surface area contributed by atoms with Crippen molar-refractivity contribution in [1.29, 1.82) is 0 Å². The van der Waals surface area contributed by atoms with Crippen molar-refractivity contribution in [2.45, 2.75) is 18.9 Å². The summed E-state index contributed by atoms with van der Waals surface area (Å²) in [4.78, 5) is 12.2. The molecule has 0 spiro atoms. The Kier molecular flexibility index (Phi) is 4.05. The van der Waals surface area contributed by atoms with E-state index in [1.807, 2.05) is 0 Å². The SMILES string of the molecule is O=C(Nc1cc2c(cc1[C@H](O)c1ccccc1F)OCCO2)C1CC1. The van der Waals surface area contributed by atoms with Crippen molar-refractivity contribution in [3.8, 4) is 11.5 Å². The molecule has 0 bridgehead atoms. The maximum Gasteiger partial charge on any atom is 0.227 e. The molecular formula is C19H18FNO4. The molecule has 0 radical (unpaired) electrons. The highest BCUT2D eigenvalue weighted by molar-refractivity contribution is 5.95. The van der Waals surface area contributed by atoms with Crippen LogP contribution in [0.1, 0.15) is 30.1 Å². The Morgan fingerprint density at radius 1 is 1.12 bits per heavy atom. The molecular weight excluding hydrogens is 325 g/mol. The number of ether oxygens (including phenoxy) is 2. The Morgan fingerprint density at radius 3 is 2.48 bits per heavy atom. The number of amides is 1. The van der Waals surface area contributed by atoms with E-state index in [9.17, 15) is 14.3 Å². The first kappa shape index (κ1) is 15.9. The fraction of sp³-hybridized carbons (Fsp3) is 0.316. The van der Waals surface area contributed by atoms with E-state index in [2.05, 4.69) is 5.32 Å². The summed E-state index contributed by atoms with van der Waals surface area (Å²) in [6.45, 7) is 0.814. The molecule has 5 nitrogen and oxygen atoms in total. The van der Waals surface area contributed by atoms with Crippen LogP contribution in [0.3, 0.4) is 0 Å². The third-order valence-electron chi connectivity index (χ3n) is 4.41. The lowest BCUT2D eigenvalue weighted by Crippen LogP contribution is -2.19. The Hall–Kier alpha value is -2.60. The molecule has 1 atom stereocenters.